The SMILES string of the molecule is C=CCOc1ccc(C2c3c(oc4c(C)cc(C)cc4c3=O)C(=O)N2Cc2ccc(C)cc2)cc1OC. The van der Waals surface area contributed by atoms with Crippen LogP contribution >= 0.6 is 0 Å². The number of hydrogen-bond acceptors (Lipinski definition) is 5. The number of carbonyl (C=O) groups is 1. The fraction of sp³-hybridized carbons (Fsp3) is 0.226. The number of ether oxygens (including phenoxy) is 2. The molecule has 1 amide bonds. The molecule has 0 radical (unpaired) electrons. The number of amides is 1. The summed E-state index contributed by atoms with van der Waals surface area (Å²) >= 11 is 0. The molecule has 188 valence electrons. The summed E-state index contributed by atoms with van der Waals surface area (Å²) in [4.78, 5) is 29.5. The lowest BCUT2D eigenvalue weighted by atomic mass is 9.96. The molecule has 0 fully saturated rings. The van der Waals surface area contributed by atoms with E-state index >= 15 is 0 Å². The molecule has 0 bridgehead atoms. The first-order valence-electron chi connectivity index (χ1n) is 12.2. The maximum absolute atomic E-state index is 14.0. The lowest BCUT2D eigenvalue weighted by Gasteiger charge is -2.26. The number of aryl methyl sites for hydroxylation is 3. The number of rotatable bonds is 7. The summed E-state index contributed by atoms with van der Waals surface area (Å²) in [5, 5.41) is 0.476. The van der Waals surface area contributed by atoms with Crippen molar-refractivity contribution in [1.82, 2.24) is 4.90 Å². The summed E-state index contributed by atoms with van der Waals surface area (Å²) in [6.07, 6.45) is 1.66. The van der Waals surface area contributed by atoms with Gasteiger partial charge in [0.2, 0.25) is 5.76 Å². The van der Waals surface area contributed by atoms with Crippen molar-refractivity contribution in [1.29, 1.82) is 0 Å². The zero-order valence-corrected chi connectivity index (χ0v) is 21.5. The minimum atomic E-state index is -0.646. The van der Waals surface area contributed by atoms with Crippen LogP contribution in [0.15, 0.2) is 76.5 Å². The number of fused-ring (bicyclic) bond motifs is 2. The van der Waals surface area contributed by atoms with Crippen molar-refractivity contribution in [3.63, 3.8) is 0 Å². The van der Waals surface area contributed by atoms with Gasteiger partial charge in [-0.2, -0.15) is 0 Å². The Morgan fingerprint density at radius 1 is 0.973 bits per heavy atom. The highest BCUT2D eigenvalue weighted by Gasteiger charge is 2.43. The maximum Gasteiger partial charge on any atom is 0.291 e. The van der Waals surface area contributed by atoms with Crippen molar-refractivity contribution in [2.24, 2.45) is 0 Å². The first kappa shape index (κ1) is 24.4. The molecule has 0 aliphatic carbocycles. The van der Waals surface area contributed by atoms with Gasteiger partial charge in [0.25, 0.3) is 5.91 Å². The highest BCUT2D eigenvalue weighted by atomic mass is 16.5. The number of carbonyl (C=O) groups excluding carboxylic acids is 1. The van der Waals surface area contributed by atoms with E-state index in [1.165, 1.54) is 0 Å². The van der Waals surface area contributed by atoms with Gasteiger partial charge < -0.3 is 18.8 Å². The van der Waals surface area contributed by atoms with Crippen molar-refractivity contribution in [2.45, 2.75) is 33.4 Å². The molecule has 37 heavy (non-hydrogen) atoms. The van der Waals surface area contributed by atoms with Crippen molar-refractivity contribution >= 4 is 16.9 Å². The second-order valence-electron chi connectivity index (χ2n) is 9.46. The third-order valence-corrected chi connectivity index (χ3v) is 6.73. The molecule has 6 nitrogen and oxygen atoms in total. The molecule has 6 heteroatoms. The quantitative estimate of drug-likeness (QED) is 0.293. The van der Waals surface area contributed by atoms with Crippen LogP contribution in [0.1, 0.15) is 50.0 Å². The molecule has 1 atom stereocenters. The predicted molar refractivity (Wildman–Crippen MR) is 144 cm³/mol. The molecule has 5 rings (SSSR count). The van der Waals surface area contributed by atoms with Crippen molar-refractivity contribution in [2.75, 3.05) is 13.7 Å². The summed E-state index contributed by atoms with van der Waals surface area (Å²) in [6.45, 7) is 10.2. The Morgan fingerprint density at radius 3 is 2.43 bits per heavy atom. The van der Waals surface area contributed by atoms with Gasteiger partial charge in [-0.05, 0) is 61.2 Å². The van der Waals surface area contributed by atoms with E-state index in [-0.39, 0.29) is 17.1 Å². The van der Waals surface area contributed by atoms with Crippen LogP contribution in [0, 0.1) is 20.8 Å². The first-order chi connectivity index (χ1) is 17.8. The van der Waals surface area contributed by atoms with Crippen LogP contribution in [0.5, 0.6) is 11.5 Å². The number of methoxy groups -OCH3 is 1. The Hall–Kier alpha value is -4.32. The van der Waals surface area contributed by atoms with Crippen LogP contribution < -0.4 is 14.9 Å². The zero-order valence-electron chi connectivity index (χ0n) is 21.5. The van der Waals surface area contributed by atoms with Gasteiger partial charge in [-0.15, -0.1) is 0 Å². The molecule has 1 aromatic heterocycles. The van der Waals surface area contributed by atoms with Gasteiger partial charge in [0.15, 0.2) is 16.9 Å². The summed E-state index contributed by atoms with van der Waals surface area (Å²) in [5.41, 5.74) is 5.20. The fourth-order valence-electron chi connectivity index (χ4n) is 5.00. The molecule has 3 aromatic carbocycles. The minimum absolute atomic E-state index is 0.0903. The highest BCUT2D eigenvalue weighted by molar-refractivity contribution is 5.99. The van der Waals surface area contributed by atoms with Crippen LogP contribution in [0.3, 0.4) is 0 Å². The Labute approximate surface area is 215 Å². The molecular formula is C31H29NO5. The number of nitrogens with zero attached hydrogens (tertiary/aromatic N) is 1. The minimum Gasteiger partial charge on any atom is -0.493 e. The van der Waals surface area contributed by atoms with Crippen molar-refractivity contribution < 1.29 is 18.7 Å². The third kappa shape index (κ3) is 4.29. The third-order valence-electron chi connectivity index (χ3n) is 6.73. The van der Waals surface area contributed by atoms with E-state index in [4.69, 9.17) is 13.9 Å². The van der Waals surface area contributed by atoms with Crippen LogP contribution in [0.4, 0.5) is 0 Å². The van der Waals surface area contributed by atoms with Crippen LogP contribution in [-0.2, 0) is 6.54 Å². The Morgan fingerprint density at radius 2 is 1.73 bits per heavy atom. The Kier molecular flexibility index (Phi) is 6.34. The van der Waals surface area contributed by atoms with Gasteiger partial charge in [-0.3, -0.25) is 9.59 Å². The van der Waals surface area contributed by atoms with E-state index in [1.807, 2.05) is 69.3 Å². The first-order valence-corrected chi connectivity index (χ1v) is 12.2. The summed E-state index contributed by atoms with van der Waals surface area (Å²) in [5.74, 6) is 0.836. The van der Waals surface area contributed by atoms with E-state index in [1.54, 1.807) is 24.2 Å². The largest absolute Gasteiger partial charge is 0.493 e. The van der Waals surface area contributed by atoms with E-state index < -0.39 is 6.04 Å². The predicted octanol–water partition coefficient (Wildman–Crippen LogP) is 6.04. The average Bonchev–Trinajstić information content (AvgIpc) is 3.16. The lowest BCUT2D eigenvalue weighted by Crippen LogP contribution is -2.29. The van der Waals surface area contributed by atoms with E-state index in [0.29, 0.717) is 41.2 Å². The molecule has 2 heterocycles. The number of hydrogen-bond donors (Lipinski definition) is 0. The standard InChI is InChI=1S/C31H29NO5/c1-6-13-36-24-12-11-22(16-25(24)35-5)27-26-28(33)23-15-19(3)14-20(4)29(23)37-30(26)31(34)32(27)17-21-9-7-18(2)8-10-21/h6-12,14-16,27H,1,13,17H2,2-5H3. The van der Waals surface area contributed by atoms with E-state index in [0.717, 1.165) is 27.8 Å². The topological polar surface area (TPSA) is 69.0 Å². The lowest BCUT2D eigenvalue weighted by molar-refractivity contribution is 0.0714. The van der Waals surface area contributed by atoms with E-state index in [2.05, 4.69) is 6.58 Å². The van der Waals surface area contributed by atoms with Crippen LogP contribution in [0.2, 0.25) is 0 Å². The zero-order chi connectivity index (χ0) is 26.3. The van der Waals surface area contributed by atoms with Crippen LogP contribution in [0.25, 0.3) is 11.0 Å². The molecule has 0 N–H and O–H groups in total. The van der Waals surface area contributed by atoms with Gasteiger partial charge in [-0.1, -0.05) is 54.6 Å². The second kappa shape index (κ2) is 9.62. The summed E-state index contributed by atoms with van der Waals surface area (Å²) < 4.78 is 17.5. The molecule has 4 aromatic rings. The van der Waals surface area contributed by atoms with Gasteiger partial charge in [-0.25, -0.2) is 0 Å². The average molecular weight is 496 g/mol. The Bertz CT molecular complexity index is 1580. The second-order valence-corrected chi connectivity index (χ2v) is 9.46. The molecule has 1 aliphatic heterocycles. The van der Waals surface area contributed by atoms with Gasteiger partial charge in [0.1, 0.15) is 12.2 Å². The highest BCUT2D eigenvalue weighted by Crippen LogP contribution is 2.42. The number of benzene rings is 3. The summed E-state index contributed by atoms with van der Waals surface area (Å²) in [6, 6.07) is 16.6. The summed E-state index contributed by atoms with van der Waals surface area (Å²) in [7, 11) is 1.56. The normalized spacial score (nSPS) is 14.6. The van der Waals surface area contributed by atoms with E-state index in [9.17, 15) is 9.59 Å². The molecule has 1 unspecified atom stereocenters. The van der Waals surface area contributed by atoms with Crippen molar-refractivity contribution in [3.05, 3.63) is 117 Å². The smallest absolute Gasteiger partial charge is 0.291 e. The molecule has 1 aliphatic rings. The van der Waals surface area contributed by atoms with Crippen molar-refractivity contribution in [3.8, 4) is 11.5 Å². The molecular weight excluding hydrogens is 466 g/mol. The molecule has 0 saturated heterocycles. The van der Waals surface area contributed by atoms with Crippen LogP contribution in [-0.4, -0.2) is 24.5 Å². The maximum atomic E-state index is 14.0. The van der Waals surface area contributed by atoms with Gasteiger partial charge >= 0.3 is 0 Å². The molecule has 0 saturated carbocycles. The van der Waals surface area contributed by atoms with Gasteiger partial charge in [0, 0.05) is 6.54 Å². The van der Waals surface area contributed by atoms with Gasteiger partial charge in [0.05, 0.1) is 24.1 Å². The Balaban J connectivity index is 1.71. The monoisotopic (exact) mass is 495 g/mol. The molecule has 0 spiro atoms. The fourth-order valence-corrected chi connectivity index (χ4v) is 5.00.